The Kier molecular flexibility index (Phi) is 17.3. The molecule has 10 aliphatic rings. The van der Waals surface area contributed by atoms with Crippen molar-refractivity contribution in [1.29, 1.82) is 0 Å². The fraction of sp³-hybridized carbons (Fsp3) is 0.867. The molecule has 10 fully saturated rings. The molecule has 82 heavy (non-hydrogen) atoms. The van der Waals surface area contributed by atoms with Gasteiger partial charge in [-0.15, -0.1) is 0 Å². The maximum absolute atomic E-state index is 13.6. The molecule has 4 aliphatic carbocycles. The Bertz CT molecular complexity index is 2410. The summed E-state index contributed by atoms with van der Waals surface area (Å²) in [7, 11) is 6.31. The van der Waals surface area contributed by atoms with Crippen molar-refractivity contribution in [3.05, 3.63) is 35.9 Å². The number of hydrogen-bond donors (Lipinski definition) is 3. The van der Waals surface area contributed by atoms with E-state index in [0.717, 1.165) is 25.7 Å². The molecule has 28 atom stereocenters. The lowest BCUT2D eigenvalue weighted by molar-refractivity contribution is -0.405. The second-order valence-corrected chi connectivity index (χ2v) is 25.6. The number of fused-ring (bicyclic) bond motifs is 3. The first kappa shape index (κ1) is 61.1. The Morgan fingerprint density at radius 3 is 1.80 bits per heavy atom. The summed E-state index contributed by atoms with van der Waals surface area (Å²) >= 11 is 0. The van der Waals surface area contributed by atoms with Crippen molar-refractivity contribution in [2.75, 3.05) is 35.0 Å². The smallest absolute Gasteiger partial charge is 0.338 e. The van der Waals surface area contributed by atoms with Gasteiger partial charge < -0.3 is 95.8 Å². The molecule has 462 valence electrons. The molecule has 3 N–H and O–H groups in total. The van der Waals surface area contributed by atoms with Gasteiger partial charge in [-0.25, -0.2) is 4.79 Å². The van der Waals surface area contributed by atoms with E-state index in [1.165, 1.54) is 14.0 Å². The van der Waals surface area contributed by atoms with Gasteiger partial charge in [-0.1, -0.05) is 25.1 Å². The molecule has 0 aromatic heterocycles. The van der Waals surface area contributed by atoms with Crippen LogP contribution in [0.4, 0.5) is 0 Å². The van der Waals surface area contributed by atoms with Gasteiger partial charge in [-0.05, 0) is 109 Å². The van der Waals surface area contributed by atoms with Crippen LogP contribution >= 0.6 is 0 Å². The Morgan fingerprint density at radius 1 is 0.646 bits per heavy atom. The molecule has 22 nitrogen and oxygen atoms in total. The molecule has 2 bridgehead atoms. The first-order chi connectivity index (χ1) is 39.0. The van der Waals surface area contributed by atoms with Crippen LogP contribution < -0.4 is 0 Å². The average molecular weight is 1160 g/mol. The Morgan fingerprint density at radius 2 is 1.23 bits per heavy atom. The van der Waals surface area contributed by atoms with E-state index in [9.17, 15) is 24.9 Å². The molecule has 6 aliphatic heterocycles. The minimum atomic E-state index is -1.70. The van der Waals surface area contributed by atoms with Gasteiger partial charge in [0.15, 0.2) is 25.2 Å². The third-order valence-electron chi connectivity index (χ3n) is 21.4. The minimum absolute atomic E-state index is 0.0134. The lowest BCUT2D eigenvalue weighted by Gasteiger charge is -2.69. The lowest BCUT2D eigenvalue weighted by Crippen LogP contribution is -2.81. The van der Waals surface area contributed by atoms with Crippen molar-refractivity contribution in [3.63, 3.8) is 0 Å². The highest BCUT2D eigenvalue weighted by molar-refractivity contribution is 5.89. The van der Waals surface area contributed by atoms with Gasteiger partial charge in [-0.3, -0.25) is 4.79 Å². The molecule has 22 heteroatoms. The highest BCUT2D eigenvalue weighted by Crippen LogP contribution is 2.79. The molecule has 2 spiro atoms. The molecule has 0 amide bonds. The first-order valence-electron chi connectivity index (χ1n) is 29.9. The van der Waals surface area contributed by atoms with Crippen LogP contribution in [0, 0.1) is 22.7 Å². The summed E-state index contributed by atoms with van der Waals surface area (Å²) in [5.74, 6) is -2.38. The van der Waals surface area contributed by atoms with Gasteiger partial charge in [-0.2, -0.15) is 0 Å². The van der Waals surface area contributed by atoms with Gasteiger partial charge in [0.05, 0.1) is 66.4 Å². The number of benzene rings is 1. The van der Waals surface area contributed by atoms with E-state index >= 15 is 0 Å². The van der Waals surface area contributed by atoms with E-state index in [4.69, 9.17) is 80.5 Å². The first-order valence-corrected chi connectivity index (χ1v) is 29.9. The summed E-state index contributed by atoms with van der Waals surface area (Å²) in [6, 6.07) is 8.70. The lowest BCUT2D eigenvalue weighted by atomic mass is 9.40. The van der Waals surface area contributed by atoms with Crippen molar-refractivity contribution >= 4 is 11.9 Å². The molecular weight excluding hydrogens is 1070 g/mol. The number of carbonyl (C=O) groups is 2. The Labute approximate surface area is 481 Å². The topological polar surface area (TPSA) is 252 Å². The zero-order valence-electron chi connectivity index (χ0n) is 49.7. The zero-order valence-corrected chi connectivity index (χ0v) is 49.7. The maximum Gasteiger partial charge on any atom is 0.338 e. The number of rotatable bonds is 16. The van der Waals surface area contributed by atoms with Crippen LogP contribution in [0.3, 0.4) is 0 Å². The van der Waals surface area contributed by atoms with Crippen molar-refractivity contribution in [2.45, 2.75) is 272 Å². The number of carbonyl (C=O) groups excluding carboxylic acids is 2. The molecule has 4 saturated carbocycles. The van der Waals surface area contributed by atoms with Crippen LogP contribution in [0.15, 0.2) is 30.3 Å². The van der Waals surface area contributed by atoms with E-state index in [1.54, 1.807) is 66.4 Å². The van der Waals surface area contributed by atoms with Crippen molar-refractivity contribution in [1.82, 2.24) is 0 Å². The molecule has 1 aromatic rings. The van der Waals surface area contributed by atoms with E-state index in [-0.39, 0.29) is 42.5 Å². The third kappa shape index (κ3) is 10.0. The van der Waals surface area contributed by atoms with E-state index in [2.05, 4.69) is 6.92 Å². The Hall–Kier alpha value is -2.56. The van der Waals surface area contributed by atoms with Gasteiger partial charge in [0.25, 0.3) is 5.97 Å². The van der Waals surface area contributed by atoms with Crippen LogP contribution in [0.5, 0.6) is 0 Å². The predicted octanol–water partition coefficient (Wildman–Crippen LogP) is 5.00. The van der Waals surface area contributed by atoms with Crippen molar-refractivity contribution < 1.29 is 105 Å². The molecule has 1 aromatic carbocycles. The van der Waals surface area contributed by atoms with Gasteiger partial charge in [0.2, 0.25) is 0 Å². The van der Waals surface area contributed by atoms with Crippen LogP contribution in [-0.2, 0) is 85.3 Å². The molecule has 6 saturated heterocycles. The normalized spacial score (nSPS) is 51.0. The summed E-state index contributed by atoms with van der Waals surface area (Å²) in [5.41, 5.74) is -5.00. The van der Waals surface area contributed by atoms with Crippen LogP contribution in [0.25, 0.3) is 0 Å². The van der Waals surface area contributed by atoms with E-state index in [1.807, 2.05) is 26.8 Å². The van der Waals surface area contributed by atoms with Crippen LogP contribution in [0.1, 0.15) is 136 Å². The van der Waals surface area contributed by atoms with Crippen LogP contribution in [-0.4, -0.2) is 208 Å². The minimum Gasteiger partial charge on any atom is -0.462 e. The highest BCUT2D eigenvalue weighted by Gasteiger charge is 2.91. The summed E-state index contributed by atoms with van der Waals surface area (Å²) in [5, 5.41) is 34.7. The summed E-state index contributed by atoms with van der Waals surface area (Å²) in [6.07, 6.45) is -7.32. The summed E-state index contributed by atoms with van der Waals surface area (Å²) < 4.78 is 109. The number of esters is 2. The van der Waals surface area contributed by atoms with Gasteiger partial charge in [0, 0.05) is 67.5 Å². The predicted molar refractivity (Wildman–Crippen MR) is 284 cm³/mol. The standard InChI is InChI=1S/C60H90O22/c1-30-47(62)52(69-12)48(63)54(74-30)80-51-33(4)73-46(27-41(51)68-11)79-50-32(3)72-45(26-40(50)67-10)78-49-31(2)71-44(25-39(49)66-9)77-38-19-20-55(7)37(24-38)18-21-59-42(55)28-43(76-35(6)61)57-29-70-56(8,81-59)82-60(57,59)23-22-58(57,65)34(5)75-53(64)36-16-14-13-15-17-36/h13-17,30-34,37-52,54,62-63,65H,18-29H2,1-12H3/t30-,31-,32-,33-,34+,37+,38+,39+,40+,41-,42-,43-,44+,45+,46+,47-,48-,49-,50-,51-,52+,54+,55+,56+,57-,58-,59+,60-/m1/s1. The highest BCUT2D eigenvalue weighted by atomic mass is 16.9. The second kappa shape index (κ2) is 23.2. The average Bonchev–Trinajstić information content (AvgIpc) is 1.43. The van der Waals surface area contributed by atoms with E-state index in [0.29, 0.717) is 44.1 Å². The summed E-state index contributed by atoms with van der Waals surface area (Å²) in [6.45, 7) is 14.7. The number of hydrogen-bond acceptors (Lipinski definition) is 22. The zero-order chi connectivity index (χ0) is 58.5. The molecule has 11 rings (SSSR count). The molecule has 6 heterocycles. The SMILES string of the molecule is CO[C@@H]1[C@@H](O)[C@H](O[C@@H]2[C@@H](C)O[C@@H](O[C@H]3[C@@H](OC)C[C@H](O[C@H]4[C@@H](OC)C[C@H](O[C@H]5CC[C@@]6(C)[C@@H](CC[C@]78O[C@]9(C)OC[C@]%10([C@H](OC(C)=O)C[C@H]67)[C@@]8(CC[C@@]%10(O)[C@H](C)OC(=O)c6ccccc6)O9)C5)O[C@@H]4C)O[C@@H]3C)C[C@H]2OC)O[C@H](C)[C@H]1O. The van der Waals surface area contributed by atoms with Crippen molar-refractivity contribution in [2.24, 2.45) is 22.7 Å². The monoisotopic (exact) mass is 1160 g/mol. The second-order valence-electron chi connectivity index (χ2n) is 25.6. The van der Waals surface area contributed by atoms with Crippen molar-refractivity contribution in [3.8, 4) is 0 Å². The fourth-order valence-corrected chi connectivity index (χ4v) is 17.4. The Balaban J connectivity index is 0.716. The largest absolute Gasteiger partial charge is 0.462 e. The number of aliphatic hydroxyl groups excluding tert-OH is 2. The molecule has 0 unspecified atom stereocenters. The molecule has 0 radical (unpaired) electrons. The summed E-state index contributed by atoms with van der Waals surface area (Å²) in [4.78, 5) is 26.8. The maximum atomic E-state index is 13.6. The number of methoxy groups -OCH3 is 4. The number of ether oxygens (including phenoxy) is 17. The quantitative estimate of drug-likeness (QED) is 0.146. The third-order valence-corrected chi connectivity index (χ3v) is 21.4. The number of aliphatic hydroxyl groups is 3. The van der Waals surface area contributed by atoms with E-state index < -0.39 is 151 Å². The van der Waals surface area contributed by atoms with Crippen LogP contribution in [0.2, 0.25) is 0 Å². The fourth-order valence-electron chi connectivity index (χ4n) is 17.4. The van der Waals surface area contributed by atoms with Gasteiger partial charge in [0.1, 0.15) is 65.6 Å². The van der Waals surface area contributed by atoms with Gasteiger partial charge >= 0.3 is 11.9 Å². The molecular formula is C60H90O22.